The molecule has 1 nitrogen and oxygen atoms in total. The van der Waals surface area contributed by atoms with Crippen molar-refractivity contribution in [2.75, 3.05) is 0 Å². The Kier molecular flexibility index (Phi) is 1.62. The summed E-state index contributed by atoms with van der Waals surface area (Å²) in [6, 6.07) is 8.06. The predicted molar refractivity (Wildman–Crippen MR) is 48.3 cm³/mol. The van der Waals surface area contributed by atoms with Crippen LogP contribution in [0.2, 0.25) is 0 Å². The van der Waals surface area contributed by atoms with E-state index in [1.54, 1.807) is 0 Å². The molecule has 0 atom stereocenters. The lowest BCUT2D eigenvalue weighted by Gasteiger charge is -2.13. The second kappa shape index (κ2) is 2.62. The molecule has 2 heteroatoms. The van der Waals surface area contributed by atoms with E-state index in [1.165, 1.54) is 23.2 Å². The van der Waals surface area contributed by atoms with E-state index in [1.807, 2.05) is 23.6 Å². The Morgan fingerprint density at radius 3 is 2.91 bits per heavy atom. The summed E-state index contributed by atoms with van der Waals surface area (Å²) in [7, 11) is 0. The Hall–Kier alpha value is -0.890. The zero-order valence-corrected chi connectivity index (χ0v) is 7.02. The van der Waals surface area contributed by atoms with Gasteiger partial charge in [-0.05, 0) is 18.6 Å². The van der Waals surface area contributed by atoms with Gasteiger partial charge >= 0.3 is 0 Å². The van der Waals surface area contributed by atoms with Gasteiger partial charge in [-0.3, -0.25) is 0 Å². The van der Waals surface area contributed by atoms with Gasteiger partial charge < -0.3 is 4.18 Å². The largest absolute Gasteiger partial charge is 0.421 e. The molecule has 0 N–H and O–H groups in total. The number of para-hydroxylation sites is 1. The van der Waals surface area contributed by atoms with Gasteiger partial charge in [0.2, 0.25) is 0 Å². The second-order valence-corrected chi connectivity index (χ2v) is 3.07. The molecular weight excluding hydrogens is 156 g/mol. The first-order chi connectivity index (χ1) is 5.38. The van der Waals surface area contributed by atoms with Gasteiger partial charge in [0.15, 0.2) is 0 Å². The average molecular weight is 164 g/mol. The van der Waals surface area contributed by atoms with Crippen LogP contribution in [0, 0.1) is 0 Å². The highest BCUT2D eigenvalue weighted by molar-refractivity contribution is 7.98. The van der Waals surface area contributed by atoms with Crippen LogP contribution in [0.1, 0.15) is 12.5 Å². The van der Waals surface area contributed by atoms with Crippen molar-refractivity contribution < 1.29 is 4.18 Å². The summed E-state index contributed by atoms with van der Waals surface area (Å²) in [5.41, 5.74) is 2.48. The van der Waals surface area contributed by atoms with E-state index in [0.717, 1.165) is 5.75 Å². The van der Waals surface area contributed by atoms with Crippen LogP contribution in [0.4, 0.5) is 0 Å². The fourth-order valence-corrected chi connectivity index (χ4v) is 1.65. The van der Waals surface area contributed by atoms with E-state index >= 15 is 0 Å². The van der Waals surface area contributed by atoms with E-state index in [9.17, 15) is 0 Å². The molecule has 1 aliphatic rings. The van der Waals surface area contributed by atoms with Crippen LogP contribution in [0.25, 0.3) is 5.57 Å². The highest BCUT2D eigenvalue weighted by Gasteiger charge is 2.08. The molecule has 0 radical (unpaired) electrons. The molecule has 2 rings (SSSR count). The third-order valence-corrected chi connectivity index (χ3v) is 2.40. The Bertz CT molecular complexity index is 304. The molecule has 11 heavy (non-hydrogen) atoms. The van der Waals surface area contributed by atoms with Crippen LogP contribution in [0.15, 0.2) is 29.7 Å². The molecule has 1 aliphatic heterocycles. The van der Waals surface area contributed by atoms with Crippen LogP contribution < -0.4 is 4.18 Å². The number of allylic oxidation sites excluding steroid dienone is 1. The minimum Gasteiger partial charge on any atom is -0.421 e. The minimum atomic E-state index is 0.970. The van der Waals surface area contributed by atoms with Crippen molar-refractivity contribution in [2.24, 2.45) is 0 Å². The molecule has 0 spiro atoms. The minimum absolute atomic E-state index is 0.970. The Morgan fingerprint density at radius 1 is 1.27 bits per heavy atom. The summed E-state index contributed by atoms with van der Waals surface area (Å²) in [6.07, 6.45) is 0. The summed E-state index contributed by atoms with van der Waals surface area (Å²) in [4.78, 5) is 0. The molecule has 0 aromatic heterocycles. The molecule has 0 bridgehead atoms. The van der Waals surface area contributed by atoms with Crippen LogP contribution in [-0.2, 0) is 0 Å². The van der Waals surface area contributed by atoms with Crippen LogP contribution in [-0.4, -0.2) is 0 Å². The first-order valence-electron chi connectivity index (χ1n) is 3.47. The van der Waals surface area contributed by atoms with Gasteiger partial charge in [0.1, 0.15) is 5.75 Å². The van der Waals surface area contributed by atoms with Gasteiger partial charge in [0, 0.05) is 11.0 Å². The van der Waals surface area contributed by atoms with Crippen molar-refractivity contribution in [2.45, 2.75) is 6.92 Å². The zero-order valence-electron chi connectivity index (χ0n) is 6.20. The fourth-order valence-electron chi connectivity index (χ4n) is 1.08. The van der Waals surface area contributed by atoms with E-state index in [4.69, 9.17) is 4.18 Å². The highest BCUT2D eigenvalue weighted by atomic mass is 32.2. The SMILES string of the molecule is CC1=CSOc2ccccc21. The first-order valence-corrected chi connectivity index (χ1v) is 4.28. The summed E-state index contributed by atoms with van der Waals surface area (Å²) in [5.74, 6) is 0.970. The maximum absolute atomic E-state index is 5.33. The standard InChI is InChI=1S/C9H8OS/c1-7-6-11-10-9-5-3-2-4-8(7)9/h2-6H,1H3. The lowest BCUT2D eigenvalue weighted by atomic mass is 10.1. The highest BCUT2D eigenvalue weighted by Crippen LogP contribution is 2.34. The van der Waals surface area contributed by atoms with Crippen molar-refractivity contribution in [1.82, 2.24) is 0 Å². The van der Waals surface area contributed by atoms with E-state index in [2.05, 4.69) is 13.0 Å². The van der Waals surface area contributed by atoms with Gasteiger partial charge in [0.05, 0.1) is 12.0 Å². The Balaban J connectivity index is 2.56. The van der Waals surface area contributed by atoms with Gasteiger partial charge in [-0.25, -0.2) is 0 Å². The monoisotopic (exact) mass is 164 g/mol. The second-order valence-electron chi connectivity index (χ2n) is 2.48. The normalized spacial score (nSPS) is 14.8. The molecule has 0 aliphatic carbocycles. The van der Waals surface area contributed by atoms with Gasteiger partial charge in [-0.15, -0.1) is 0 Å². The number of fused-ring (bicyclic) bond motifs is 1. The van der Waals surface area contributed by atoms with Crippen molar-refractivity contribution in [3.8, 4) is 5.75 Å². The number of benzene rings is 1. The van der Waals surface area contributed by atoms with Crippen molar-refractivity contribution in [3.63, 3.8) is 0 Å². The van der Waals surface area contributed by atoms with Gasteiger partial charge in [-0.1, -0.05) is 18.2 Å². The number of rotatable bonds is 0. The molecule has 0 saturated heterocycles. The number of hydrogen-bond donors (Lipinski definition) is 0. The van der Waals surface area contributed by atoms with Crippen LogP contribution in [0.3, 0.4) is 0 Å². The average Bonchev–Trinajstić information content (AvgIpc) is 2.06. The summed E-state index contributed by atoms with van der Waals surface area (Å²) in [6.45, 7) is 2.09. The molecule has 0 fully saturated rings. The quantitative estimate of drug-likeness (QED) is 0.545. The molecule has 1 heterocycles. The fraction of sp³-hybridized carbons (Fsp3) is 0.111. The molecule has 56 valence electrons. The van der Waals surface area contributed by atoms with Crippen LogP contribution in [0.5, 0.6) is 5.75 Å². The summed E-state index contributed by atoms with van der Waals surface area (Å²) < 4.78 is 5.33. The predicted octanol–water partition coefficient (Wildman–Crippen LogP) is 3.09. The Morgan fingerprint density at radius 2 is 2.09 bits per heavy atom. The molecule has 1 aromatic rings. The zero-order chi connectivity index (χ0) is 7.68. The van der Waals surface area contributed by atoms with E-state index in [-0.39, 0.29) is 0 Å². The van der Waals surface area contributed by atoms with Crippen molar-refractivity contribution >= 4 is 17.6 Å². The lowest BCUT2D eigenvalue weighted by molar-refractivity contribution is 0.646. The summed E-state index contributed by atoms with van der Waals surface area (Å²) >= 11 is 1.38. The van der Waals surface area contributed by atoms with Gasteiger partial charge in [0.25, 0.3) is 0 Å². The molecule has 1 aromatic carbocycles. The smallest absolute Gasteiger partial charge is 0.145 e. The van der Waals surface area contributed by atoms with Crippen molar-refractivity contribution in [1.29, 1.82) is 0 Å². The third-order valence-electron chi connectivity index (χ3n) is 1.67. The molecular formula is C9H8OS. The van der Waals surface area contributed by atoms with Gasteiger partial charge in [-0.2, -0.15) is 0 Å². The topological polar surface area (TPSA) is 9.23 Å². The first kappa shape index (κ1) is 6.80. The maximum atomic E-state index is 5.33. The number of hydrogen-bond acceptors (Lipinski definition) is 2. The molecule has 0 saturated carbocycles. The van der Waals surface area contributed by atoms with E-state index in [0.29, 0.717) is 0 Å². The lowest BCUT2D eigenvalue weighted by Crippen LogP contribution is -1.91. The van der Waals surface area contributed by atoms with Crippen molar-refractivity contribution in [3.05, 3.63) is 35.2 Å². The maximum Gasteiger partial charge on any atom is 0.145 e. The Labute approximate surface area is 70.3 Å². The molecule has 0 unspecified atom stereocenters. The van der Waals surface area contributed by atoms with Crippen LogP contribution >= 0.6 is 12.0 Å². The third kappa shape index (κ3) is 1.14. The summed E-state index contributed by atoms with van der Waals surface area (Å²) in [5, 5.41) is 2.02. The molecule has 0 amide bonds. The van der Waals surface area contributed by atoms with E-state index < -0.39 is 0 Å².